The normalized spacial score (nSPS) is 11.5. The molecule has 17 heavy (non-hydrogen) atoms. The lowest BCUT2D eigenvalue weighted by Gasteiger charge is -2.18. The van der Waals surface area contributed by atoms with Gasteiger partial charge in [-0.05, 0) is 32.0 Å². The van der Waals surface area contributed by atoms with Gasteiger partial charge in [-0.25, -0.2) is 0 Å². The first-order valence-corrected chi connectivity index (χ1v) is 6.94. The van der Waals surface area contributed by atoms with Gasteiger partial charge < -0.3 is 19.5 Å². The molecule has 1 aromatic carbocycles. The lowest BCUT2D eigenvalue weighted by Crippen LogP contribution is -2.11. The van der Waals surface area contributed by atoms with Crippen LogP contribution in [0.15, 0.2) is 18.2 Å². The van der Waals surface area contributed by atoms with E-state index in [1.807, 2.05) is 0 Å². The van der Waals surface area contributed by atoms with Crippen LogP contribution in [0, 0.1) is 0 Å². The van der Waals surface area contributed by atoms with E-state index in [1.165, 1.54) is 7.11 Å². The van der Waals surface area contributed by atoms with Crippen LogP contribution in [0.25, 0.3) is 0 Å². The molecule has 2 N–H and O–H groups in total. The predicted molar refractivity (Wildman–Crippen MR) is 67.9 cm³/mol. The maximum absolute atomic E-state index is 12.5. The fourth-order valence-electron chi connectivity index (χ4n) is 1.40. The number of hydrogen-bond donors (Lipinski definition) is 1. The minimum absolute atomic E-state index is 0.309. The van der Waals surface area contributed by atoms with E-state index in [0.717, 1.165) is 0 Å². The van der Waals surface area contributed by atoms with Gasteiger partial charge in [-0.3, -0.25) is 4.57 Å². The van der Waals surface area contributed by atoms with Gasteiger partial charge in [-0.1, -0.05) is 0 Å². The van der Waals surface area contributed by atoms with Crippen LogP contribution in [0.3, 0.4) is 0 Å². The van der Waals surface area contributed by atoms with Crippen LogP contribution < -0.4 is 15.8 Å². The molecule has 5 nitrogen and oxygen atoms in total. The maximum Gasteiger partial charge on any atom is 0.361 e. The van der Waals surface area contributed by atoms with Gasteiger partial charge >= 0.3 is 7.60 Å². The number of hydrogen-bond acceptors (Lipinski definition) is 5. The van der Waals surface area contributed by atoms with Crippen LogP contribution in [0.5, 0.6) is 5.75 Å². The van der Waals surface area contributed by atoms with Crippen molar-refractivity contribution in [1.82, 2.24) is 0 Å². The van der Waals surface area contributed by atoms with Crippen molar-refractivity contribution in [2.45, 2.75) is 13.8 Å². The average molecular weight is 259 g/mol. The molecule has 0 atom stereocenters. The molecule has 0 aliphatic heterocycles. The van der Waals surface area contributed by atoms with Gasteiger partial charge in [-0.2, -0.15) is 0 Å². The molecule has 0 amide bonds. The minimum Gasteiger partial charge on any atom is -0.495 e. The Balaban J connectivity index is 3.14. The van der Waals surface area contributed by atoms with Gasteiger partial charge in [0, 0.05) is 0 Å². The third kappa shape index (κ3) is 3.22. The number of nitrogens with two attached hydrogens (primary N) is 1. The molecular formula is C11H18NO4P. The molecule has 0 heterocycles. The van der Waals surface area contributed by atoms with E-state index in [2.05, 4.69) is 0 Å². The highest BCUT2D eigenvalue weighted by atomic mass is 31.2. The van der Waals surface area contributed by atoms with E-state index in [1.54, 1.807) is 32.0 Å². The van der Waals surface area contributed by atoms with Gasteiger partial charge in [0.05, 0.1) is 31.3 Å². The van der Waals surface area contributed by atoms with Crippen molar-refractivity contribution in [2.24, 2.45) is 0 Å². The number of methoxy groups -OCH3 is 1. The first-order chi connectivity index (χ1) is 8.07. The Morgan fingerprint density at radius 1 is 1.24 bits per heavy atom. The second kappa shape index (κ2) is 6.05. The molecule has 0 fully saturated rings. The summed E-state index contributed by atoms with van der Waals surface area (Å²) in [5.41, 5.74) is 6.18. The van der Waals surface area contributed by atoms with E-state index >= 15 is 0 Å². The minimum atomic E-state index is -3.27. The third-order valence-electron chi connectivity index (χ3n) is 2.13. The molecule has 0 saturated heterocycles. The molecule has 1 rings (SSSR count). The summed E-state index contributed by atoms with van der Waals surface area (Å²) in [7, 11) is -1.77. The summed E-state index contributed by atoms with van der Waals surface area (Å²) in [5.74, 6) is 0.460. The Morgan fingerprint density at radius 2 is 1.82 bits per heavy atom. The first-order valence-electron chi connectivity index (χ1n) is 5.40. The molecule has 0 aromatic heterocycles. The Kier molecular flexibility index (Phi) is 5.00. The summed E-state index contributed by atoms with van der Waals surface area (Å²) >= 11 is 0. The number of rotatable bonds is 6. The van der Waals surface area contributed by atoms with E-state index in [-0.39, 0.29) is 0 Å². The van der Waals surface area contributed by atoms with Gasteiger partial charge in [0.15, 0.2) is 0 Å². The summed E-state index contributed by atoms with van der Waals surface area (Å²) in [6.45, 7) is 4.15. The van der Waals surface area contributed by atoms with Crippen LogP contribution in [0.4, 0.5) is 5.69 Å². The summed E-state index contributed by atoms with van der Waals surface area (Å²) in [6.07, 6.45) is 0. The van der Waals surface area contributed by atoms with E-state index in [0.29, 0.717) is 30.0 Å². The van der Waals surface area contributed by atoms with Crippen LogP contribution in [-0.4, -0.2) is 20.3 Å². The van der Waals surface area contributed by atoms with Crippen molar-refractivity contribution in [3.05, 3.63) is 18.2 Å². The quantitative estimate of drug-likeness (QED) is 0.626. The van der Waals surface area contributed by atoms with Crippen molar-refractivity contribution in [3.63, 3.8) is 0 Å². The topological polar surface area (TPSA) is 70.8 Å². The highest BCUT2D eigenvalue weighted by molar-refractivity contribution is 7.62. The number of benzene rings is 1. The number of nitrogen functional groups attached to an aromatic ring is 1. The standard InChI is InChI=1S/C11H18NO4P/c1-4-15-17(13,16-5-2)9-6-7-10(12)11(8-9)14-3/h6-8H,4-5,12H2,1-3H3. The van der Waals surface area contributed by atoms with Crippen molar-refractivity contribution in [3.8, 4) is 5.75 Å². The van der Waals surface area contributed by atoms with Crippen molar-refractivity contribution < 1.29 is 18.3 Å². The van der Waals surface area contributed by atoms with Crippen LogP contribution in [-0.2, 0) is 13.6 Å². The highest BCUT2D eigenvalue weighted by Crippen LogP contribution is 2.47. The zero-order valence-corrected chi connectivity index (χ0v) is 11.2. The Bertz CT molecular complexity index is 412. The SMILES string of the molecule is CCOP(=O)(OCC)c1ccc(N)c(OC)c1. The Morgan fingerprint density at radius 3 is 2.29 bits per heavy atom. The van der Waals surface area contributed by atoms with Crippen molar-refractivity contribution >= 4 is 18.6 Å². The third-order valence-corrected chi connectivity index (χ3v) is 4.24. The van der Waals surface area contributed by atoms with Gasteiger partial charge in [0.1, 0.15) is 5.75 Å². The van der Waals surface area contributed by atoms with E-state index < -0.39 is 7.60 Å². The lowest BCUT2D eigenvalue weighted by molar-refractivity contribution is 0.230. The maximum atomic E-state index is 12.5. The molecule has 96 valence electrons. The molecule has 0 aliphatic carbocycles. The molecular weight excluding hydrogens is 241 g/mol. The summed E-state index contributed by atoms with van der Waals surface area (Å²) in [4.78, 5) is 0. The predicted octanol–water partition coefficient (Wildman–Crippen LogP) is 2.17. The molecule has 6 heteroatoms. The molecule has 0 bridgehead atoms. The van der Waals surface area contributed by atoms with E-state index in [9.17, 15) is 4.57 Å². The molecule has 0 spiro atoms. The van der Waals surface area contributed by atoms with Crippen molar-refractivity contribution in [1.29, 1.82) is 0 Å². The van der Waals surface area contributed by atoms with Crippen LogP contribution in [0.2, 0.25) is 0 Å². The van der Waals surface area contributed by atoms with Gasteiger partial charge in [-0.15, -0.1) is 0 Å². The fourth-order valence-corrected chi connectivity index (χ4v) is 2.98. The average Bonchev–Trinajstić information content (AvgIpc) is 2.30. The van der Waals surface area contributed by atoms with Crippen molar-refractivity contribution in [2.75, 3.05) is 26.1 Å². The van der Waals surface area contributed by atoms with Crippen LogP contribution in [0.1, 0.15) is 13.8 Å². The molecule has 0 unspecified atom stereocenters. The molecule has 0 radical (unpaired) electrons. The lowest BCUT2D eigenvalue weighted by atomic mass is 10.3. The fraction of sp³-hybridized carbons (Fsp3) is 0.455. The summed E-state index contributed by atoms with van der Waals surface area (Å²) in [6, 6.07) is 4.84. The van der Waals surface area contributed by atoms with Gasteiger partial charge in [0.2, 0.25) is 0 Å². The smallest absolute Gasteiger partial charge is 0.361 e. The second-order valence-electron chi connectivity index (χ2n) is 3.26. The highest BCUT2D eigenvalue weighted by Gasteiger charge is 2.27. The zero-order valence-electron chi connectivity index (χ0n) is 10.3. The molecule has 0 aliphatic rings. The first kappa shape index (κ1) is 14.0. The number of anilines is 1. The molecule has 0 saturated carbocycles. The number of ether oxygens (including phenoxy) is 1. The summed E-state index contributed by atoms with van der Waals surface area (Å²) < 4.78 is 28.0. The molecule has 1 aromatic rings. The Hall–Kier alpha value is -1.03. The second-order valence-corrected chi connectivity index (χ2v) is 5.29. The Labute approximate surface area is 101 Å². The van der Waals surface area contributed by atoms with Crippen LogP contribution >= 0.6 is 7.60 Å². The largest absolute Gasteiger partial charge is 0.495 e. The van der Waals surface area contributed by atoms with E-state index in [4.69, 9.17) is 19.5 Å². The zero-order chi connectivity index (χ0) is 12.9. The van der Waals surface area contributed by atoms with Gasteiger partial charge in [0.25, 0.3) is 0 Å². The summed E-state index contributed by atoms with van der Waals surface area (Å²) in [5, 5.41) is 0.451. The monoisotopic (exact) mass is 259 g/mol.